The molecule has 1 aromatic heterocycles. The van der Waals surface area contributed by atoms with E-state index in [1.165, 1.54) is 11.3 Å². The Morgan fingerprint density at radius 3 is 2.42 bits per heavy atom. The summed E-state index contributed by atoms with van der Waals surface area (Å²) in [7, 11) is 0. The number of amides is 2. The quantitative estimate of drug-likeness (QED) is 0.727. The van der Waals surface area contributed by atoms with Crippen LogP contribution in [-0.4, -0.2) is 22.9 Å². The smallest absolute Gasteiger partial charge is 0.307 e. The van der Waals surface area contributed by atoms with Crippen molar-refractivity contribution >= 4 is 29.1 Å². The van der Waals surface area contributed by atoms with E-state index in [9.17, 15) is 19.5 Å². The Morgan fingerprint density at radius 2 is 1.83 bits per heavy atom. The van der Waals surface area contributed by atoms with Gasteiger partial charge in [-0.3, -0.25) is 25.2 Å². The van der Waals surface area contributed by atoms with E-state index < -0.39 is 17.8 Å². The van der Waals surface area contributed by atoms with Gasteiger partial charge in [0.2, 0.25) is 5.91 Å². The van der Waals surface area contributed by atoms with Crippen LogP contribution in [0.25, 0.3) is 0 Å². The zero-order valence-electron chi connectivity index (χ0n) is 13.7. The van der Waals surface area contributed by atoms with Gasteiger partial charge >= 0.3 is 5.97 Å². The van der Waals surface area contributed by atoms with Gasteiger partial charge in [0.05, 0.1) is 17.4 Å². The van der Waals surface area contributed by atoms with Crippen molar-refractivity contribution in [1.82, 2.24) is 10.9 Å². The van der Waals surface area contributed by atoms with Gasteiger partial charge in [-0.2, -0.15) is 0 Å². The molecule has 4 atom stereocenters. The zero-order chi connectivity index (χ0) is 17.4. The van der Waals surface area contributed by atoms with Gasteiger partial charge in [0.25, 0.3) is 5.91 Å². The van der Waals surface area contributed by atoms with Gasteiger partial charge in [-0.25, -0.2) is 0 Å². The molecule has 2 amide bonds. The third kappa shape index (κ3) is 3.05. The zero-order valence-corrected chi connectivity index (χ0v) is 14.6. The van der Waals surface area contributed by atoms with Crippen LogP contribution >= 0.6 is 11.3 Å². The van der Waals surface area contributed by atoms with Crippen molar-refractivity contribution < 1.29 is 19.5 Å². The van der Waals surface area contributed by atoms with Crippen LogP contribution in [-0.2, 0) is 9.59 Å². The van der Waals surface area contributed by atoms with Gasteiger partial charge in [-0.15, -0.1) is 11.3 Å². The van der Waals surface area contributed by atoms with Crippen LogP contribution in [0.15, 0.2) is 11.4 Å². The minimum Gasteiger partial charge on any atom is -0.481 e. The number of nitrogens with one attached hydrogen (secondary N) is 2. The van der Waals surface area contributed by atoms with Gasteiger partial charge in [-0.05, 0) is 43.1 Å². The normalized spacial score (nSPS) is 28.1. The predicted molar refractivity (Wildman–Crippen MR) is 89.5 cm³/mol. The first kappa shape index (κ1) is 17.0. The van der Waals surface area contributed by atoms with E-state index in [4.69, 9.17) is 0 Å². The molecule has 0 unspecified atom stereocenters. The number of rotatable bonds is 4. The average Bonchev–Trinajstić information content (AvgIpc) is 3.25. The lowest BCUT2D eigenvalue weighted by Crippen LogP contribution is -2.48. The summed E-state index contributed by atoms with van der Waals surface area (Å²) in [5, 5.41) is 11.2. The van der Waals surface area contributed by atoms with E-state index in [1.54, 1.807) is 5.38 Å². The molecular weight excluding hydrogens is 328 g/mol. The fourth-order valence-electron chi connectivity index (χ4n) is 4.07. The van der Waals surface area contributed by atoms with E-state index >= 15 is 0 Å². The van der Waals surface area contributed by atoms with Crippen LogP contribution in [0.4, 0.5) is 0 Å². The molecule has 2 aliphatic rings. The van der Waals surface area contributed by atoms with E-state index in [0.29, 0.717) is 11.5 Å². The maximum absolute atomic E-state index is 12.4. The highest BCUT2D eigenvalue weighted by molar-refractivity contribution is 7.10. The number of aliphatic carboxylic acids is 1. The number of thiophene rings is 1. The maximum Gasteiger partial charge on any atom is 0.307 e. The third-order valence-electron chi connectivity index (χ3n) is 5.25. The minimum absolute atomic E-state index is 0.0874. The molecule has 1 heterocycles. The summed E-state index contributed by atoms with van der Waals surface area (Å²) in [6, 6.07) is 1.81. The first-order valence-electron chi connectivity index (χ1n) is 8.30. The summed E-state index contributed by atoms with van der Waals surface area (Å²) < 4.78 is 0. The van der Waals surface area contributed by atoms with Gasteiger partial charge < -0.3 is 5.11 Å². The van der Waals surface area contributed by atoms with Crippen LogP contribution in [0, 0.1) is 23.7 Å². The standard InChI is InChI=1S/C17H22N2O4S/c1-8(2)12-6-11(7-24-12)15(20)18-19-16(21)13-9-3-4-10(5-9)14(13)17(22)23/h6-10,13-14H,3-5H2,1-2H3,(H,18,20)(H,19,21)(H,22,23)/t9-,10-,13+,14-/m0/s1. The summed E-state index contributed by atoms with van der Waals surface area (Å²) in [5.74, 6) is -2.30. The lowest BCUT2D eigenvalue weighted by atomic mass is 9.79. The molecule has 0 aliphatic heterocycles. The molecule has 3 rings (SSSR count). The maximum atomic E-state index is 12.4. The van der Waals surface area contributed by atoms with Crippen LogP contribution < -0.4 is 10.9 Å². The number of carbonyl (C=O) groups excluding carboxylic acids is 2. The van der Waals surface area contributed by atoms with Gasteiger partial charge in [0.15, 0.2) is 0 Å². The second-order valence-electron chi connectivity index (χ2n) is 7.06. The van der Waals surface area contributed by atoms with Gasteiger partial charge in [0, 0.05) is 10.3 Å². The third-order valence-corrected chi connectivity index (χ3v) is 6.49. The predicted octanol–water partition coefficient (Wildman–Crippen LogP) is 2.38. The van der Waals surface area contributed by atoms with Crippen molar-refractivity contribution in [3.05, 3.63) is 21.9 Å². The lowest BCUT2D eigenvalue weighted by Gasteiger charge is -2.26. The number of hydrogen-bond donors (Lipinski definition) is 3. The number of fused-ring (bicyclic) bond motifs is 2. The van der Waals surface area contributed by atoms with E-state index in [2.05, 4.69) is 24.7 Å². The molecule has 7 heteroatoms. The Kier molecular flexibility index (Phi) is 4.62. The Labute approximate surface area is 144 Å². The Bertz CT molecular complexity index is 669. The highest BCUT2D eigenvalue weighted by Gasteiger charge is 2.54. The highest BCUT2D eigenvalue weighted by atomic mass is 32.1. The van der Waals surface area contributed by atoms with Gasteiger partial charge in [-0.1, -0.05) is 13.8 Å². The second-order valence-corrected chi connectivity index (χ2v) is 8.00. The summed E-state index contributed by atoms with van der Waals surface area (Å²) in [5.41, 5.74) is 5.36. The van der Waals surface area contributed by atoms with Crippen molar-refractivity contribution in [2.75, 3.05) is 0 Å². The fourth-order valence-corrected chi connectivity index (χ4v) is 4.98. The van der Waals surface area contributed by atoms with Crippen molar-refractivity contribution in [2.24, 2.45) is 23.7 Å². The van der Waals surface area contributed by atoms with Crippen LogP contribution in [0.1, 0.15) is 54.3 Å². The molecule has 2 aliphatic carbocycles. The monoisotopic (exact) mass is 350 g/mol. The molecule has 0 aromatic carbocycles. The van der Waals surface area contributed by atoms with Gasteiger partial charge in [0.1, 0.15) is 0 Å². The minimum atomic E-state index is -0.909. The van der Waals surface area contributed by atoms with Crippen molar-refractivity contribution in [3.63, 3.8) is 0 Å². The molecular formula is C17H22N2O4S. The molecule has 1 aromatic rings. The molecule has 130 valence electrons. The molecule has 3 N–H and O–H groups in total. The van der Waals surface area contributed by atoms with Crippen molar-refractivity contribution in [3.8, 4) is 0 Å². The summed E-state index contributed by atoms with van der Waals surface area (Å²) in [6.45, 7) is 4.10. The highest BCUT2D eigenvalue weighted by Crippen LogP contribution is 2.52. The van der Waals surface area contributed by atoms with Crippen molar-refractivity contribution in [1.29, 1.82) is 0 Å². The molecule has 2 fully saturated rings. The first-order valence-corrected chi connectivity index (χ1v) is 9.18. The molecule has 0 saturated heterocycles. The summed E-state index contributed by atoms with van der Waals surface area (Å²) in [4.78, 5) is 37.1. The van der Waals surface area contributed by atoms with E-state index in [0.717, 1.165) is 24.1 Å². The lowest BCUT2D eigenvalue weighted by molar-refractivity contribution is -0.149. The molecule has 0 radical (unpaired) electrons. The number of carboxylic acid groups (broad SMARTS) is 1. The van der Waals surface area contributed by atoms with E-state index in [-0.39, 0.29) is 23.7 Å². The number of hydrogen-bond acceptors (Lipinski definition) is 4. The Hall–Kier alpha value is -1.89. The molecule has 24 heavy (non-hydrogen) atoms. The summed E-state index contributed by atoms with van der Waals surface area (Å²) in [6.07, 6.45) is 2.57. The Morgan fingerprint density at radius 1 is 1.17 bits per heavy atom. The molecule has 2 bridgehead atoms. The number of carboxylic acids is 1. The summed E-state index contributed by atoms with van der Waals surface area (Å²) >= 11 is 1.51. The van der Waals surface area contributed by atoms with Crippen LogP contribution in [0.2, 0.25) is 0 Å². The first-order chi connectivity index (χ1) is 11.4. The molecule has 0 spiro atoms. The fraction of sp³-hybridized carbons (Fsp3) is 0.588. The second kappa shape index (κ2) is 6.55. The molecule has 2 saturated carbocycles. The number of hydrazine groups is 1. The van der Waals surface area contributed by atoms with Crippen LogP contribution in [0.3, 0.4) is 0 Å². The number of carbonyl (C=O) groups is 3. The van der Waals surface area contributed by atoms with Crippen LogP contribution in [0.5, 0.6) is 0 Å². The Balaban J connectivity index is 1.60. The largest absolute Gasteiger partial charge is 0.481 e. The molecule has 6 nitrogen and oxygen atoms in total. The topological polar surface area (TPSA) is 95.5 Å². The van der Waals surface area contributed by atoms with Crippen molar-refractivity contribution in [2.45, 2.75) is 39.0 Å². The SMILES string of the molecule is CC(C)c1cc(C(=O)NNC(=O)[C@@H]2[C@H]3CC[C@@H](C3)[C@@H]2C(=O)O)cs1. The van der Waals surface area contributed by atoms with E-state index in [1.807, 2.05) is 6.07 Å². The average molecular weight is 350 g/mol.